The van der Waals surface area contributed by atoms with Gasteiger partial charge in [-0.25, -0.2) is 0 Å². The number of aryl methyl sites for hydroxylation is 1. The molecule has 1 spiro atoms. The minimum absolute atomic E-state index is 0.0873. The van der Waals surface area contributed by atoms with Gasteiger partial charge in [-0.15, -0.1) is 11.3 Å². The van der Waals surface area contributed by atoms with E-state index in [-0.39, 0.29) is 5.60 Å². The first kappa shape index (κ1) is 11.7. The van der Waals surface area contributed by atoms with Gasteiger partial charge in [-0.3, -0.25) is 0 Å². The summed E-state index contributed by atoms with van der Waals surface area (Å²) in [4.78, 5) is 1.40. The van der Waals surface area contributed by atoms with E-state index in [4.69, 9.17) is 4.74 Å². The molecule has 2 nitrogen and oxygen atoms in total. The predicted octanol–water partition coefficient (Wildman–Crippen LogP) is 3.42. The lowest BCUT2D eigenvalue weighted by atomic mass is 9.76. The van der Waals surface area contributed by atoms with E-state index in [1.54, 1.807) is 0 Å². The molecule has 0 radical (unpaired) electrons. The maximum Gasteiger partial charge on any atom is 0.0877 e. The van der Waals surface area contributed by atoms with Gasteiger partial charge >= 0.3 is 0 Å². The summed E-state index contributed by atoms with van der Waals surface area (Å²) in [6.45, 7) is 4.05. The highest BCUT2D eigenvalue weighted by Crippen LogP contribution is 2.43. The Morgan fingerprint density at radius 1 is 1.35 bits per heavy atom. The number of hydrogen-bond donors (Lipinski definition) is 1. The van der Waals surface area contributed by atoms with E-state index in [0.29, 0.717) is 6.04 Å². The van der Waals surface area contributed by atoms with Crippen molar-refractivity contribution in [2.24, 2.45) is 0 Å². The molecule has 1 aromatic rings. The second-order valence-electron chi connectivity index (χ2n) is 5.35. The number of thiophene rings is 1. The SMILES string of the molecule is Cc1cc(C2NCCOC23CCCCC3)cs1. The van der Waals surface area contributed by atoms with Crippen LogP contribution in [-0.2, 0) is 4.74 Å². The summed E-state index contributed by atoms with van der Waals surface area (Å²) in [5.41, 5.74) is 1.53. The van der Waals surface area contributed by atoms with Crippen LogP contribution in [0.2, 0.25) is 0 Å². The van der Waals surface area contributed by atoms with Crippen LogP contribution in [0.25, 0.3) is 0 Å². The molecule has 1 unspecified atom stereocenters. The zero-order chi connectivity index (χ0) is 11.7. The van der Waals surface area contributed by atoms with Crippen molar-refractivity contribution in [3.63, 3.8) is 0 Å². The van der Waals surface area contributed by atoms with Gasteiger partial charge in [0.15, 0.2) is 0 Å². The van der Waals surface area contributed by atoms with E-state index < -0.39 is 0 Å². The van der Waals surface area contributed by atoms with Crippen LogP contribution >= 0.6 is 11.3 Å². The van der Waals surface area contributed by atoms with Crippen molar-refractivity contribution in [3.05, 3.63) is 21.9 Å². The first-order chi connectivity index (χ1) is 8.30. The summed E-state index contributed by atoms with van der Waals surface area (Å²) >= 11 is 1.85. The highest BCUT2D eigenvalue weighted by atomic mass is 32.1. The molecular formula is C14H21NOS. The van der Waals surface area contributed by atoms with Crippen molar-refractivity contribution in [3.8, 4) is 0 Å². The third-order valence-electron chi connectivity index (χ3n) is 4.15. The van der Waals surface area contributed by atoms with E-state index in [9.17, 15) is 0 Å². The minimum atomic E-state index is 0.0873. The third kappa shape index (κ3) is 2.16. The number of ether oxygens (including phenoxy) is 1. The van der Waals surface area contributed by atoms with Crippen LogP contribution in [0.15, 0.2) is 11.4 Å². The minimum Gasteiger partial charge on any atom is -0.372 e. The molecule has 1 saturated heterocycles. The van der Waals surface area contributed by atoms with Gasteiger partial charge in [-0.1, -0.05) is 19.3 Å². The van der Waals surface area contributed by atoms with Gasteiger partial charge in [0.05, 0.1) is 18.2 Å². The number of morpholine rings is 1. The maximum atomic E-state index is 6.22. The smallest absolute Gasteiger partial charge is 0.0877 e. The summed E-state index contributed by atoms with van der Waals surface area (Å²) in [6.07, 6.45) is 6.46. The molecule has 0 bridgehead atoms. The second-order valence-corrected chi connectivity index (χ2v) is 6.47. The lowest BCUT2D eigenvalue weighted by molar-refractivity contribution is -0.119. The van der Waals surface area contributed by atoms with Crippen molar-refractivity contribution in [1.82, 2.24) is 5.32 Å². The largest absolute Gasteiger partial charge is 0.372 e. The van der Waals surface area contributed by atoms with Crippen molar-refractivity contribution < 1.29 is 4.74 Å². The quantitative estimate of drug-likeness (QED) is 0.826. The Labute approximate surface area is 107 Å². The van der Waals surface area contributed by atoms with E-state index in [1.165, 1.54) is 42.5 Å². The predicted molar refractivity (Wildman–Crippen MR) is 71.6 cm³/mol. The highest BCUT2D eigenvalue weighted by molar-refractivity contribution is 7.10. The van der Waals surface area contributed by atoms with E-state index >= 15 is 0 Å². The highest BCUT2D eigenvalue weighted by Gasteiger charge is 2.43. The molecule has 1 N–H and O–H groups in total. The van der Waals surface area contributed by atoms with Gasteiger partial charge in [0.1, 0.15) is 0 Å². The van der Waals surface area contributed by atoms with Crippen LogP contribution in [-0.4, -0.2) is 18.8 Å². The Morgan fingerprint density at radius 2 is 2.18 bits per heavy atom. The molecule has 1 aliphatic heterocycles. The van der Waals surface area contributed by atoms with Crippen molar-refractivity contribution in [2.75, 3.05) is 13.2 Å². The zero-order valence-corrected chi connectivity index (χ0v) is 11.3. The molecule has 1 aliphatic carbocycles. The summed E-state index contributed by atoms with van der Waals surface area (Å²) < 4.78 is 6.22. The Bertz CT molecular complexity index is 373. The Hall–Kier alpha value is -0.380. The Morgan fingerprint density at radius 3 is 2.88 bits per heavy atom. The van der Waals surface area contributed by atoms with Gasteiger partial charge < -0.3 is 10.1 Å². The molecule has 0 aromatic carbocycles. The average Bonchev–Trinajstić information content (AvgIpc) is 2.77. The van der Waals surface area contributed by atoms with Gasteiger partial charge in [-0.2, -0.15) is 0 Å². The molecule has 3 heteroatoms. The van der Waals surface area contributed by atoms with Crippen LogP contribution in [0, 0.1) is 6.92 Å². The van der Waals surface area contributed by atoms with Crippen LogP contribution in [0.4, 0.5) is 0 Å². The summed E-state index contributed by atoms with van der Waals surface area (Å²) in [5.74, 6) is 0. The zero-order valence-electron chi connectivity index (χ0n) is 10.5. The van der Waals surface area contributed by atoms with E-state index in [0.717, 1.165) is 13.2 Å². The Balaban J connectivity index is 1.89. The van der Waals surface area contributed by atoms with Crippen LogP contribution in [0.5, 0.6) is 0 Å². The summed E-state index contributed by atoms with van der Waals surface area (Å²) in [6, 6.07) is 2.74. The van der Waals surface area contributed by atoms with Crippen molar-refractivity contribution in [1.29, 1.82) is 0 Å². The van der Waals surface area contributed by atoms with Crippen LogP contribution < -0.4 is 5.32 Å². The van der Waals surface area contributed by atoms with Gasteiger partial charge in [-0.05, 0) is 36.8 Å². The van der Waals surface area contributed by atoms with Gasteiger partial charge in [0.2, 0.25) is 0 Å². The molecular weight excluding hydrogens is 230 g/mol. The Kier molecular flexibility index (Phi) is 3.24. The maximum absolute atomic E-state index is 6.22. The molecule has 94 valence electrons. The first-order valence-electron chi connectivity index (χ1n) is 6.73. The fraction of sp³-hybridized carbons (Fsp3) is 0.714. The molecule has 1 aromatic heterocycles. The molecule has 3 rings (SSSR count). The summed E-state index contributed by atoms with van der Waals surface area (Å²) in [7, 11) is 0. The molecule has 1 saturated carbocycles. The average molecular weight is 251 g/mol. The molecule has 17 heavy (non-hydrogen) atoms. The topological polar surface area (TPSA) is 21.3 Å². The van der Waals surface area contributed by atoms with E-state index in [2.05, 4.69) is 23.7 Å². The number of nitrogens with one attached hydrogen (secondary N) is 1. The van der Waals surface area contributed by atoms with Crippen molar-refractivity contribution in [2.45, 2.75) is 50.7 Å². The molecule has 2 heterocycles. The van der Waals surface area contributed by atoms with Crippen molar-refractivity contribution >= 4 is 11.3 Å². The first-order valence-corrected chi connectivity index (χ1v) is 7.60. The van der Waals surface area contributed by atoms with Crippen LogP contribution in [0.3, 0.4) is 0 Å². The normalized spacial score (nSPS) is 28.4. The lowest BCUT2D eigenvalue weighted by Gasteiger charge is -2.46. The van der Waals surface area contributed by atoms with Gasteiger partial charge in [0.25, 0.3) is 0 Å². The van der Waals surface area contributed by atoms with Crippen LogP contribution in [0.1, 0.15) is 48.6 Å². The number of rotatable bonds is 1. The lowest BCUT2D eigenvalue weighted by Crippen LogP contribution is -2.53. The fourth-order valence-corrected chi connectivity index (χ4v) is 4.08. The molecule has 1 atom stereocenters. The molecule has 2 fully saturated rings. The third-order valence-corrected chi connectivity index (χ3v) is 5.03. The molecule has 2 aliphatic rings. The number of hydrogen-bond acceptors (Lipinski definition) is 3. The fourth-order valence-electron chi connectivity index (χ4n) is 3.35. The standard InChI is InChI=1S/C14H21NOS/c1-11-9-12(10-17-11)13-14(16-8-7-15-13)5-3-2-4-6-14/h9-10,13,15H,2-8H2,1H3. The van der Waals surface area contributed by atoms with E-state index in [1.807, 2.05) is 11.3 Å². The second kappa shape index (κ2) is 4.71. The molecule has 0 amide bonds. The monoisotopic (exact) mass is 251 g/mol. The summed E-state index contributed by atoms with van der Waals surface area (Å²) in [5, 5.41) is 5.99. The van der Waals surface area contributed by atoms with Gasteiger partial charge in [0, 0.05) is 11.4 Å².